The van der Waals surface area contributed by atoms with Gasteiger partial charge >= 0.3 is 0 Å². The predicted octanol–water partition coefficient (Wildman–Crippen LogP) is 0.946. The van der Waals surface area contributed by atoms with Gasteiger partial charge in [-0.15, -0.1) is 0 Å². The highest BCUT2D eigenvalue weighted by Crippen LogP contribution is 1.71. The minimum absolute atomic E-state index is 1.33. The van der Waals surface area contributed by atoms with E-state index in [4.69, 9.17) is 5.53 Å². The van der Waals surface area contributed by atoms with Gasteiger partial charge in [-0.1, -0.05) is 0 Å². The van der Waals surface area contributed by atoms with Crippen LogP contribution in [-0.2, 0) is 4.84 Å². The molecule has 0 aliphatic rings. The first-order valence-electron chi connectivity index (χ1n) is 1.21. The molecule has 34 valence electrons. The number of hydrogen-bond acceptors (Lipinski definition) is 3. The van der Waals surface area contributed by atoms with Gasteiger partial charge in [0.25, 0.3) is 0 Å². The Morgan fingerprint density at radius 2 is 2.33 bits per heavy atom. The van der Waals surface area contributed by atoms with Crippen molar-refractivity contribution in [3.63, 3.8) is 0 Å². The summed E-state index contributed by atoms with van der Waals surface area (Å²) in [7, 11) is 1.33. The van der Waals surface area contributed by atoms with E-state index in [-0.39, 0.29) is 0 Å². The molecule has 0 aromatic carbocycles. The minimum atomic E-state index is 1.33. The van der Waals surface area contributed by atoms with Crippen molar-refractivity contribution in [1.82, 2.24) is 0 Å². The Bertz CT molecular complexity index is 58.6. The van der Waals surface area contributed by atoms with Crippen LogP contribution in [0.15, 0.2) is 15.7 Å². The summed E-state index contributed by atoms with van der Waals surface area (Å²) in [4.78, 5) is 4.03. The molecular weight excluding hydrogens is 84.0 g/mol. The lowest BCUT2D eigenvalue weighted by Gasteiger charge is -1.72. The Kier molecular flexibility index (Phi) is 3.33. The van der Waals surface area contributed by atoms with Gasteiger partial charge in [0.05, 0.1) is 0 Å². The molecule has 0 saturated heterocycles. The lowest BCUT2D eigenvalue weighted by atomic mass is 11.7. The predicted molar refractivity (Wildman–Crippen MR) is 17.0 cm³/mol. The first-order chi connectivity index (χ1) is 2.91. The molecule has 0 radical (unpaired) electrons. The van der Waals surface area contributed by atoms with E-state index in [1.165, 1.54) is 7.11 Å². The van der Waals surface area contributed by atoms with Crippen molar-refractivity contribution in [2.24, 2.45) is 15.7 Å². The van der Waals surface area contributed by atoms with Gasteiger partial charge in [-0.05, 0) is 5.22 Å². The molecule has 6 heavy (non-hydrogen) atoms. The number of nitrogens with zero attached hydrogens (tertiary/aromatic N) is 3. The summed E-state index contributed by atoms with van der Waals surface area (Å²) in [5.74, 6) is 0. The molecule has 0 saturated carbocycles. The molecular formula is CH4N4O. The molecule has 0 heterocycles. The van der Waals surface area contributed by atoms with Crippen molar-refractivity contribution in [3.8, 4) is 0 Å². The van der Waals surface area contributed by atoms with E-state index in [2.05, 4.69) is 20.6 Å². The molecule has 0 aliphatic carbocycles. The molecule has 0 unspecified atom stereocenters. The monoisotopic (exact) mass is 88.0 g/mol. The van der Waals surface area contributed by atoms with E-state index in [1.54, 1.807) is 0 Å². The fraction of sp³-hybridized carbons (Fsp3) is 1.00. The van der Waals surface area contributed by atoms with Crippen LogP contribution in [0.2, 0.25) is 0 Å². The van der Waals surface area contributed by atoms with E-state index in [1.807, 2.05) is 0 Å². The van der Waals surface area contributed by atoms with Gasteiger partial charge in [0.15, 0.2) is 0 Å². The molecule has 0 spiro atoms. The van der Waals surface area contributed by atoms with Crippen LogP contribution in [0.4, 0.5) is 0 Å². The highest BCUT2D eigenvalue weighted by Gasteiger charge is 1.54. The molecule has 0 aromatic heterocycles. The van der Waals surface area contributed by atoms with Crippen molar-refractivity contribution in [3.05, 3.63) is 0 Å². The van der Waals surface area contributed by atoms with Crippen LogP contribution in [0.5, 0.6) is 0 Å². The van der Waals surface area contributed by atoms with E-state index in [0.717, 1.165) is 0 Å². The Hall–Kier alpha value is -1.00. The SMILES string of the molecule is CON=NN=N. The van der Waals surface area contributed by atoms with Crippen LogP contribution < -0.4 is 0 Å². The second-order valence-electron chi connectivity index (χ2n) is 0.454. The molecule has 5 heteroatoms. The average molecular weight is 88.1 g/mol. The van der Waals surface area contributed by atoms with Gasteiger partial charge < -0.3 is 4.84 Å². The summed E-state index contributed by atoms with van der Waals surface area (Å²) >= 11 is 0. The summed E-state index contributed by atoms with van der Waals surface area (Å²) in [5.41, 5.74) is 5.99. The Morgan fingerprint density at radius 3 is 2.50 bits per heavy atom. The van der Waals surface area contributed by atoms with Gasteiger partial charge in [-0.25, -0.2) is 0 Å². The van der Waals surface area contributed by atoms with Crippen LogP contribution in [0.3, 0.4) is 0 Å². The van der Waals surface area contributed by atoms with E-state index in [0.29, 0.717) is 0 Å². The second-order valence-corrected chi connectivity index (χ2v) is 0.454. The standard InChI is InChI=1S/CH4N4O/c1-6-5-4-3-2/h2H,1H3. The Labute approximate surface area is 34.5 Å². The fourth-order valence-corrected chi connectivity index (χ4v) is 0.0548. The van der Waals surface area contributed by atoms with Gasteiger partial charge in [0.1, 0.15) is 7.11 Å². The number of nitrogens with one attached hydrogen (secondary N) is 1. The van der Waals surface area contributed by atoms with Crippen molar-refractivity contribution in [2.45, 2.75) is 0 Å². The van der Waals surface area contributed by atoms with E-state index >= 15 is 0 Å². The zero-order chi connectivity index (χ0) is 4.83. The topological polar surface area (TPSA) is 70.2 Å². The summed E-state index contributed by atoms with van der Waals surface area (Å²) in [5, 5.41) is 8.15. The summed E-state index contributed by atoms with van der Waals surface area (Å²) in [6.45, 7) is 0. The molecule has 0 aromatic rings. The van der Waals surface area contributed by atoms with Gasteiger partial charge in [-0.3, -0.25) is 0 Å². The van der Waals surface area contributed by atoms with E-state index in [9.17, 15) is 0 Å². The molecule has 5 nitrogen and oxygen atoms in total. The van der Waals surface area contributed by atoms with E-state index < -0.39 is 0 Å². The first kappa shape index (κ1) is 5.00. The smallest absolute Gasteiger partial charge is 0.108 e. The van der Waals surface area contributed by atoms with Crippen LogP contribution >= 0.6 is 0 Å². The average Bonchev–Trinajstić information content (AvgIpc) is 1.61. The van der Waals surface area contributed by atoms with Crippen molar-refractivity contribution >= 4 is 0 Å². The maximum atomic E-state index is 5.99. The Morgan fingerprint density at radius 1 is 1.67 bits per heavy atom. The highest BCUT2D eigenvalue weighted by atomic mass is 16.6. The molecule has 0 amide bonds. The molecule has 0 aliphatic heterocycles. The molecule has 1 N–H and O–H groups in total. The van der Waals surface area contributed by atoms with Crippen LogP contribution in [0, 0.1) is 5.53 Å². The summed E-state index contributed by atoms with van der Waals surface area (Å²) in [6.07, 6.45) is 0. The van der Waals surface area contributed by atoms with Crippen molar-refractivity contribution in [1.29, 1.82) is 5.53 Å². The summed E-state index contributed by atoms with van der Waals surface area (Å²) in [6, 6.07) is 0. The lowest BCUT2D eigenvalue weighted by molar-refractivity contribution is 0.184. The fourth-order valence-electron chi connectivity index (χ4n) is 0.0548. The van der Waals surface area contributed by atoms with Gasteiger partial charge in [0, 0.05) is 10.5 Å². The molecule has 0 bridgehead atoms. The number of hydrogen-bond donors (Lipinski definition) is 1. The zero-order valence-electron chi connectivity index (χ0n) is 3.25. The lowest BCUT2D eigenvalue weighted by Crippen LogP contribution is -1.57. The molecule has 0 rings (SSSR count). The maximum Gasteiger partial charge on any atom is 0.108 e. The third-order valence-corrected chi connectivity index (χ3v) is 0.163. The van der Waals surface area contributed by atoms with Crippen molar-refractivity contribution in [2.75, 3.05) is 7.11 Å². The third-order valence-electron chi connectivity index (χ3n) is 0.163. The molecule has 0 atom stereocenters. The second kappa shape index (κ2) is 4.00. The third kappa shape index (κ3) is 3.00. The normalized spacial score (nSPS) is 8.83. The minimum Gasteiger partial charge on any atom is -0.381 e. The van der Waals surface area contributed by atoms with Crippen molar-refractivity contribution < 1.29 is 4.84 Å². The maximum absolute atomic E-state index is 5.99. The molecule has 0 fully saturated rings. The first-order valence-corrected chi connectivity index (χ1v) is 1.21. The summed E-state index contributed by atoms with van der Waals surface area (Å²) < 4.78 is 0. The quantitative estimate of drug-likeness (QED) is 0.396. The Balaban J connectivity index is 2.94. The van der Waals surface area contributed by atoms with Crippen LogP contribution in [-0.4, -0.2) is 7.11 Å². The van der Waals surface area contributed by atoms with Crippen LogP contribution in [0.1, 0.15) is 0 Å². The van der Waals surface area contributed by atoms with Gasteiger partial charge in [-0.2, -0.15) is 5.53 Å². The highest BCUT2D eigenvalue weighted by molar-refractivity contribution is 3.85. The van der Waals surface area contributed by atoms with Gasteiger partial charge in [0.2, 0.25) is 0 Å². The number of rotatable bonds is 2. The zero-order valence-corrected chi connectivity index (χ0v) is 3.25. The largest absolute Gasteiger partial charge is 0.381 e. The van der Waals surface area contributed by atoms with Crippen LogP contribution in [0.25, 0.3) is 0 Å².